The van der Waals surface area contributed by atoms with Crippen molar-refractivity contribution in [2.24, 2.45) is 0 Å². The van der Waals surface area contributed by atoms with Gasteiger partial charge in [-0.1, -0.05) is 54.4 Å². The maximum Gasteiger partial charge on any atom is 0.399 e. The van der Waals surface area contributed by atoms with Gasteiger partial charge in [-0.25, -0.2) is 0 Å². The molecule has 2 aromatic carbocycles. The molecule has 0 fully saturated rings. The maximum atomic E-state index is 4.68. The van der Waals surface area contributed by atoms with Gasteiger partial charge in [0.1, 0.15) is 0 Å². The molecule has 0 amide bonds. The fraction of sp³-hybridized carbons (Fsp3) is 0.318. The van der Waals surface area contributed by atoms with E-state index in [9.17, 15) is 0 Å². The standard InChI is InChI=1S/C22H25BN3.Ir/c1-5-18(6-2)26-20-13-8-7-12-19(20)22-24-14-15-25(22)23(26)21-16(3)10-9-11-17(21)4;/h7-11,13-15,18H,5-6H2,1-4H3;/q-1;. The van der Waals surface area contributed by atoms with E-state index in [0.29, 0.717) is 6.04 Å². The molecule has 1 radical (unpaired) electrons. The first kappa shape index (κ1) is 19.9. The van der Waals surface area contributed by atoms with Crippen molar-refractivity contribution >= 4 is 18.1 Å². The Morgan fingerprint density at radius 1 is 1.07 bits per heavy atom. The number of nitrogens with zero attached hydrogens (tertiary/aromatic N) is 3. The molecule has 1 aromatic heterocycles. The second-order valence-electron chi connectivity index (χ2n) is 7.15. The van der Waals surface area contributed by atoms with Crippen LogP contribution in [-0.4, -0.2) is 22.5 Å². The first-order chi connectivity index (χ1) is 12.7. The van der Waals surface area contributed by atoms with Gasteiger partial charge in [0.2, 0.25) is 0 Å². The number of anilines is 1. The summed E-state index contributed by atoms with van der Waals surface area (Å²) in [4.78, 5) is 7.28. The van der Waals surface area contributed by atoms with Crippen LogP contribution in [0.15, 0.2) is 48.8 Å². The average Bonchev–Trinajstić information content (AvgIpc) is 3.14. The summed E-state index contributed by atoms with van der Waals surface area (Å²) in [6.07, 6.45) is 6.24. The minimum absolute atomic E-state index is 0. The van der Waals surface area contributed by atoms with Crippen LogP contribution >= 0.6 is 0 Å². The third-order valence-corrected chi connectivity index (χ3v) is 5.67. The van der Waals surface area contributed by atoms with E-state index in [1.165, 1.54) is 22.3 Å². The molecule has 0 N–H and O–H groups in total. The van der Waals surface area contributed by atoms with Crippen LogP contribution < -0.4 is 10.3 Å². The fourth-order valence-corrected chi connectivity index (χ4v) is 4.38. The average molecular weight is 534 g/mol. The first-order valence-corrected chi connectivity index (χ1v) is 9.55. The second kappa shape index (κ2) is 8.04. The topological polar surface area (TPSA) is 21.1 Å². The number of benzene rings is 2. The van der Waals surface area contributed by atoms with Crippen molar-refractivity contribution in [1.29, 1.82) is 0 Å². The molecule has 27 heavy (non-hydrogen) atoms. The van der Waals surface area contributed by atoms with Crippen LogP contribution in [0, 0.1) is 19.9 Å². The van der Waals surface area contributed by atoms with Gasteiger partial charge in [0.15, 0.2) is 0 Å². The van der Waals surface area contributed by atoms with Crippen molar-refractivity contribution in [2.75, 3.05) is 4.81 Å². The first-order valence-electron chi connectivity index (χ1n) is 9.55. The van der Waals surface area contributed by atoms with Crippen LogP contribution in [0.2, 0.25) is 0 Å². The molecule has 0 atom stereocenters. The van der Waals surface area contributed by atoms with E-state index in [1.807, 2.05) is 12.3 Å². The van der Waals surface area contributed by atoms with Gasteiger partial charge in [0.25, 0.3) is 0 Å². The van der Waals surface area contributed by atoms with Gasteiger partial charge in [-0.3, -0.25) is 4.98 Å². The van der Waals surface area contributed by atoms with E-state index in [4.69, 9.17) is 0 Å². The summed E-state index contributed by atoms with van der Waals surface area (Å²) in [5.74, 6) is 1.01. The largest absolute Gasteiger partial charge is 0.431 e. The number of imidazole rings is 1. The molecule has 3 aromatic rings. The van der Waals surface area contributed by atoms with Crippen LogP contribution in [0.1, 0.15) is 37.8 Å². The van der Waals surface area contributed by atoms with Crippen LogP contribution in [0.5, 0.6) is 0 Å². The summed E-state index contributed by atoms with van der Waals surface area (Å²) in [7, 11) is 0. The third-order valence-electron chi connectivity index (χ3n) is 5.67. The van der Waals surface area contributed by atoms with Gasteiger partial charge >= 0.3 is 6.98 Å². The number of hydrogen-bond donors (Lipinski definition) is 0. The Morgan fingerprint density at radius 2 is 1.78 bits per heavy atom. The number of aromatic nitrogens is 2. The number of fused-ring (bicyclic) bond motifs is 3. The van der Waals surface area contributed by atoms with Crippen molar-refractivity contribution in [3.63, 3.8) is 0 Å². The molecule has 0 saturated carbocycles. The summed E-state index contributed by atoms with van der Waals surface area (Å²) in [6, 6.07) is 16.8. The molecule has 2 heterocycles. The fourth-order valence-electron chi connectivity index (χ4n) is 4.38. The van der Waals surface area contributed by atoms with Crippen molar-refractivity contribution in [1.82, 2.24) is 9.46 Å². The maximum absolute atomic E-state index is 4.68. The number of hydrogen-bond acceptors (Lipinski definition) is 2. The summed E-state index contributed by atoms with van der Waals surface area (Å²) in [5.41, 5.74) is 6.38. The molecule has 0 aliphatic carbocycles. The van der Waals surface area contributed by atoms with E-state index < -0.39 is 0 Å². The van der Waals surface area contributed by atoms with Crippen LogP contribution in [-0.2, 0) is 20.1 Å². The Kier molecular flexibility index (Phi) is 5.93. The molecule has 0 saturated heterocycles. The summed E-state index contributed by atoms with van der Waals surface area (Å²) < 4.78 is 2.33. The Bertz CT molecular complexity index is 913. The minimum Gasteiger partial charge on any atom is -0.431 e. The molecule has 5 heteroatoms. The quantitative estimate of drug-likeness (QED) is 0.370. The van der Waals surface area contributed by atoms with Gasteiger partial charge in [-0.05, 0) is 32.2 Å². The minimum atomic E-state index is 0. The molecule has 4 rings (SSSR count). The van der Waals surface area contributed by atoms with E-state index in [1.54, 1.807) is 0 Å². The Hall–Kier alpha value is -1.84. The Balaban J connectivity index is 0.00000210. The second-order valence-corrected chi connectivity index (χ2v) is 7.15. The predicted molar refractivity (Wildman–Crippen MR) is 110 cm³/mol. The van der Waals surface area contributed by atoms with Crippen molar-refractivity contribution in [2.45, 2.75) is 46.6 Å². The zero-order chi connectivity index (χ0) is 18.3. The smallest absolute Gasteiger partial charge is 0.399 e. The molecule has 3 nitrogen and oxygen atoms in total. The molecule has 0 spiro atoms. The molecular formula is C22H25BIrN3-. The van der Waals surface area contributed by atoms with Gasteiger partial charge in [-0.2, -0.15) is 0 Å². The zero-order valence-corrected chi connectivity index (χ0v) is 18.8. The van der Waals surface area contributed by atoms with Crippen LogP contribution in [0.3, 0.4) is 0 Å². The van der Waals surface area contributed by atoms with Gasteiger partial charge in [0, 0.05) is 44.4 Å². The van der Waals surface area contributed by atoms with Crippen molar-refractivity contribution < 1.29 is 20.1 Å². The molecule has 0 bridgehead atoms. The third kappa shape index (κ3) is 3.17. The Labute approximate surface area is 176 Å². The monoisotopic (exact) mass is 535 g/mol. The Morgan fingerprint density at radius 3 is 2.44 bits per heavy atom. The molecular weight excluding hydrogens is 509 g/mol. The molecule has 1 aliphatic rings. The SMILES string of the molecule is CCC(CC)N1B(c2c(C)cccc2C)n2ccnc2-c2[c-]cccc21.[Ir]. The molecule has 141 valence electrons. The van der Waals surface area contributed by atoms with E-state index in [2.05, 4.69) is 84.6 Å². The summed E-state index contributed by atoms with van der Waals surface area (Å²) in [6.45, 7) is 9.13. The van der Waals surface area contributed by atoms with Crippen LogP contribution in [0.25, 0.3) is 11.4 Å². The zero-order valence-electron chi connectivity index (χ0n) is 16.4. The molecule has 0 unspecified atom stereocenters. The number of rotatable bonds is 4. The van der Waals surface area contributed by atoms with E-state index in [0.717, 1.165) is 24.2 Å². The number of aryl methyl sites for hydroxylation is 2. The van der Waals surface area contributed by atoms with Gasteiger partial charge < -0.3 is 9.29 Å². The normalized spacial score (nSPS) is 12.6. The van der Waals surface area contributed by atoms with Crippen molar-refractivity contribution in [3.8, 4) is 11.4 Å². The summed E-state index contributed by atoms with van der Waals surface area (Å²) >= 11 is 0. The molecule has 1 aliphatic heterocycles. The van der Waals surface area contributed by atoms with E-state index in [-0.39, 0.29) is 27.1 Å². The van der Waals surface area contributed by atoms with E-state index >= 15 is 0 Å². The van der Waals surface area contributed by atoms with Gasteiger partial charge in [0.05, 0.1) is 0 Å². The van der Waals surface area contributed by atoms with Crippen molar-refractivity contribution in [3.05, 3.63) is 66.0 Å². The summed E-state index contributed by atoms with van der Waals surface area (Å²) in [5, 5.41) is 0. The predicted octanol–water partition coefficient (Wildman–Crippen LogP) is 4.22. The van der Waals surface area contributed by atoms with Gasteiger partial charge in [-0.15, -0.1) is 24.3 Å². The van der Waals surface area contributed by atoms with Crippen LogP contribution in [0.4, 0.5) is 5.69 Å².